The van der Waals surface area contributed by atoms with E-state index >= 15 is 0 Å². The fraction of sp³-hybridized carbons (Fsp3) is 0.450. The van der Waals surface area contributed by atoms with Crippen molar-refractivity contribution in [1.82, 2.24) is 0 Å². The van der Waals surface area contributed by atoms with E-state index in [9.17, 15) is 4.79 Å². The Morgan fingerprint density at radius 2 is 1.38 bits per heavy atom. The molecule has 0 heterocycles. The van der Waals surface area contributed by atoms with Crippen LogP contribution in [-0.2, 0) is 4.79 Å². The number of nitrogens with one attached hydrogen (secondary N) is 1. The number of benzene rings is 1. The Morgan fingerprint density at radius 3 is 1.92 bits per heavy atom. The summed E-state index contributed by atoms with van der Waals surface area (Å²) in [5.41, 5.74) is 0.535. The van der Waals surface area contributed by atoms with Crippen LogP contribution in [0.3, 0.4) is 0 Å². The van der Waals surface area contributed by atoms with E-state index < -0.39 is 0 Å². The van der Waals surface area contributed by atoms with Gasteiger partial charge in [0.1, 0.15) is 0 Å². The number of carbonyl (C=O) groups is 1. The molecular formula is C20H23Cl2NO. The second kappa shape index (κ2) is 8.22. The summed E-state index contributed by atoms with van der Waals surface area (Å²) in [5.74, 6) is 1.09. The van der Waals surface area contributed by atoms with E-state index in [0.29, 0.717) is 27.6 Å². The van der Waals surface area contributed by atoms with Crippen LogP contribution >= 0.6 is 23.2 Å². The first kappa shape index (κ1) is 17.6. The highest BCUT2D eigenvalue weighted by molar-refractivity contribution is 6.39. The van der Waals surface area contributed by atoms with Crippen LogP contribution in [0.2, 0.25) is 10.0 Å². The third-order valence-corrected chi connectivity index (χ3v) is 5.64. The number of amides is 1. The van der Waals surface area contributed by atoms with Gasteiger partial charge in [-0.1, -0.05) is 53.6 Å². The summed E-state index contributed by atoms with van der Waals surface area (Å²) in [4.78, 5) is 12.7. The van der Waals surface area contributed by atoms with Gasteiger partial charge in [-0.05, 0) is 62.5 Å². The molecule has 1 unspecified atom stereocenters. The largest absolute Gasteiger partial charge is 0.323 e. The van der Waals surface area contributed by atoms with Gasteiger partial charge >= 0.3 is 0 Å². The van der Waals surface area contributed by atoms with Gasteiger partial charge in [0.15, 0.2) is 0 Å². The standard InChI is InChI=1S/C20H23Cl2NO/c21-16-12-9-13-17(22)19(16)23-20(24)18-14-10-7-5-3-1-2-4-6-8-11-15(14)18/h3-6,9,12-15,18H,1-2,7-8,10-11H2,(H,23,24)/b5-3-,6-4+/t14-,15-,18?/m1/s1. The van der Waals surface area contributed by atoms with Gasteiger partial charge in [-0.2, -0.15) is 0 Å². The van der Waals surface area contributed by atoms with Crippen LogP contribution in [0.1, 0.15) is 38.5 Å². The SMILES string of the molecule is O=C(Nc1c(Cl)cccc1Cl)C1[C@@H]2CC/C=C\CC/C=C/CC[C@@H]12. The number of fused-ring (bicyclic) bond motifs is 1. The van der Waals surface area contributed by atoms with Gasteiger partial charge in [0.25, 0.3) is 0 Å². The quantitative estimate of drug-likeness (QED) is 0.617. The van der Waals surface area contributed by atoms with Crippen molar-refractivity contribution in [3.8, 4) is 0 Å². The van der Waals surface area contributed by atoms with Crippen molar-refractivity contribution in [2.24, 2.45) is 17.8 Å². The Kier molecular flexibility index (Phi) is 6.02. The first-order chi connectivity index (χ1) is 11.7. The summed E-state index contributed by atoms with van der Waals surface area (Å²) >= 11 is 12.3. The van der Waals surface area contributed by atoms with Gasteiger partial charge in [0.2, 0.25) is 5.91 Å². The molecule has 2 aliphatic rings. The van der Waals surface area contributed by atoms with Gasteiger partial charge in [0.05, 0.1) is 15.7 Å². The van der Waals surface area contributed by atoms with Crippen LogP contribution in [0.4, 0.5) is 5.69 Å². The summed E-state index contributed by atoms with van der Waals surface area (Å²) in [5, 5.41) is 3.93. The zero-order valence-corrected chi connectivity index (χ0v) is 15.2. The third kappa shape index (κ3) is 4.23. The minimum Gasteiger partial charge on any atom is -0.323 e. The molecule has 24 heavy (non-hydrogen) atoms. The van der Waals surface area contributed by atoms with Crippen LogP contribution in [0.15, 0.2) is 42.5 Å². The average molecular weight is 364 g/mol. The Labute approximate surface area is 153 Å². The Hall–Kier alpha value is -1.25. The molecule has 1 fully saturated rings. The highest BCUT2D eigenvalue weighted by Gasteiger charge is 2.52. The van der Waals surface area contributed by atoms with E-state index in [1.165, 1.54) is 0 Å². The van der Waals surface area contributed by atoms with Gasteiger partial charge < -0.3 is 5.32 Å². The zero-order chi connectivity index (χ0) is 16.9. The molecule has 2 nitrogen and oxygen atoms in total. The predicted octanol–water partition coefficient (Wildman–Crippen LogP) is 6.26. The number of allylic oxidation sites excluding steroid dienone is 4. The predicted molar refractivity (Wildman–Crippen MR) is 102 cm³/mol. The lowest BCUT2D eigenvalue weighted by Crippen LogP contribution is -2.16. The first-order valence-corrected chi connectivity index (χ1v) is 9.49. The Balaban J connectivity index is 1.66. The summed E-state index contributed by atoms with van der Waals surface area (Å²) in [6.45, 7) is 0. The molecule has 1 N–H and O–H groups in total. The molecule has 1 aromatic carbocycles. The highest BCUT2D eigenvalue weighted by atomic mass is 35.5. The third-order valence-electron chi connectivity index (χ3n) is 5.01. The Morgan fingerprint density at radius 1 is 0.875 bits per heavy atom. The first-order valence-electron chi connectivity index (χ1n) is 8.73. The van der Waals surface area contributed by atoms with Crippen molar-refractivity contribution >= 4 is 34.8 Å². The molecule has 128 valence electrons. The lowest BCUT2D eigenvalue weighted by molar-refractivity contribution is -0.117. The topological polar surface area (TPSA) is 29.1 Å². The summed E-state index contributed by atoms with van der Waals surface area (Å²) < 4.78 is 0. The van der Waals surface area contributed by atoms with E-state index in [1.807, 2.05) is 0 Å². The molecule has 3 rings (SSSR count). The van der Waals surface area contributed by atoms with Crippen LogP contribution in [-0.4, -0.2) is 5.91 Å². The number of carbonyl (C=O) groups excluding carboxylic acids is 1. The van der Waals surface area contributed by atoms with Crippen molar-refractivity contribution in [3.63, 3.8) is 0 Å². The molecule has 1 amide bonds. The molecule has 4 heteroatoms. The summed E-state index contributed by atoms with van der Waals surface area (Å²) in [7, 11) is 0. The van der Waals surface area contributed by atoms with E-state index in [0.717, 1.165) is 38.5 Å². The number of hydrogen-bond donors (Lipinski definition) is 1. The number of para-hydroxylation sites is 1. The molecule has 0 bridgehead atoms. The molecule has 1 saturated carbocycles. The maximum Gasteiger partial charge on any atom is 0.228 e. The fourth-order valence-electron chi connectivity index (χ4n) is 3.69. The van der Waals surface area contributed by atoms with Crippen molar-refractivity contribution in [2.45, 2.75) is 38.5 Å². The lowest BCUT2D eigenvalue weighted by atomic mass is 10.1. The maximum absolute atomic E-state index is 12.7. The second-order valence-electron chi connectivity index (χ2n) is 6.61. The second-order valence-corrected chi connectivity index (χ2v) is 7.43. The smallest absolute Gasteiger partial charge is 0.228 e. The highest BCUT2D eigenvalue weighted by Crippen LogP contribution is 2.53. The summed E-state index contributed by atoms with van der Waals surface area (Å²) in [6.07, 6.45) is 15.5. The number of halogens is 2. The molecule has 0 aliphatic heterocycles. The average Bonchev–Trinajstić information content (AvgIpc) is 3.23. The van der Waals surface area contributed by atoms with E-state index in [2.05, 4.69) is 29.6 Å². The zero-order valence-electron chi connectivity index (χ0n) is 13.7. The van der Waals surface area contributed by atoms with Crippen LogP contribution < -0.4 is 5.32 Å². The van der Waals surface area contributed by atoms with Gasteiger partial charge in [-0.15, -0.1) is 0 Å². The van der Waals surface area contributed by atoms with Crippen molar-refractivity contribution < 1.29 is 4.79 Å². The van der Waals surface area contributed by atoms with Crippen molar-refractivity contribution in [3.05, 3.63) is 52.5 Å². The molecular weight excluding hydrogens is 341 g/mol. The monoisotopic (exact) mass is 363 g/mol. The van der Waals surface area contributed by atoms with Gasteiger partial charge in [-0.3, -0.25) is 4.79 Å². The fourth-order valence-corrected chi connectivity index (χ4v) is 4.18. The molecule has 0 aromatic heterocycles. The normalized spacial score (nSPS) is 29.5. The molecule has 0 radical (unpaired) electrons. The van der Waals surface area contributed by atoms with Crippen LogP contribution in [0.25, 0.3) is 0 Å². The van der Waals surface area contributed by atoms with Crippen LogP contribution in [0.5, 0.6) is 0 Å². The van der Waals surface area contributed by atoms with E-state index in [4.69, 9.17) is 23.2 Å². The van der Waals surface area contributed by atoms with E-state index in [1.54, 1.807) is 18.2 Å². The summed E-state index contributed by atoms with van der Waals surface area (Å²) in [6, 6.07) is 5.27. The maximum atomic E-state index is 12.7. The number of anilines is 1. The lowest BCUT2D eigenvalue weighted by Gasteiger charge is -2.09. The molecule has 3 atom stereocenters. The number of hydrogen-bond acceptors (Lipinski definition) is 1. The molecule has 0 saturated heterocycles. The van der Waals surface area contributed by atoms with Gasteiger partial charge in [0, 0.05) is 5.92 Å². The van der Waals surface area contributed by atoms with Crippen LogP contribution in [0, 0.1) is 17.8 Å². The van der Waals surface area contributed by atoms with Crippen molar-refractivity contribution in [2.75, 3.05) is 5.32 Å². The Bertz CT molecular complexity index is 609. The minimum atomic E-state index is 0.0582. The number of rotatable bonds is 2. The minimum absolute atomic E-state index is 0.0582. The molecule has 0 spiro atoms. The van der Waals surface area contributed by atoms with E-state index in [-0.39, 0.29) is 11.8 Å². The van der Waals surface area contributed by atoms with Crippen molar-refractivity contribution in [1.29, 1.82) is 0 Å². The molecule has 1 aromatic rings. The molecule has 2 aliphatic carbocycles. The van der Waals surface area contributed by atoms with Gasteiger partial charge in [-0.25, -0.2) is 0 Å².